The second-order valence-electron chi connectivity index (χ2n) is 9.51. The predicted octanol–water partition coefficient (Wildman–Crippen LogP) is 4.50. The number of nitrogen functional groups attached to an aromatic ring is 1. The molecule has 0 bridgehead atoms. The van der Waals surface area contributed by atoms with E-state index < -0.39 is 0 Å². The fraction of sp³-hybridized carbons (Fsp3) is 0.333. The molecule has 0 atom stereocenters. The number of hydrogen-bond donors (Lipinski definition) is 2. The molecule has 0 saturated heterocycles. The molecule has 1 aliphatic rings. The normalized spacial score (nSPS) is 13.4. The van der Waals surface area contributed by atoms with Gasteiger partial charge in [-0.15, -0.1) is 0 Å². The Morgan fingerprint density at radius 2 is 1.91 bits per heavy atom. The minimum atomic E-state index is 0.252. The van der Waals surface area contributed by atoms with Gasteiger partial charge in [-0.2, -0.15) is 0 Å². The van der Waals surface area contributed by atoms with Gasteiger partial charge in [-0.3, -0.25) is 0 Å². The molecule has 8 nitrogen and oxygen atoms in total. The van der Waals surface area contributed by atoms with E-state index in [1.54, 1.807) is 6.20 Å². The van der Waals surface area contributed by atoms with E-state index in [1.807, 2.05) is 37.4 Å². The van der Waals surface area contributed by atoms with Crippen molar-refractivity contribution < 1.29 is 4.74 Å². The van der Waals surface area contributed by atoms with Gasteiger partial charge in [0.25, 0.3) is 0 Å². The zero-order valence-corrected chi connectivity index (χ0v) is 20.8. The van der Waals surface area contributed by atoms with E-state index in [2.05, 4.69) is 64.1 Å². The Bertz CT molecular complexity index is 1340. The van der Waals surface area contributed by atoms with Crippen LogP contribution in [0, 0.1) is 0 Å². The minimum Gasteiger partial charge on any atom is -0.488 e. The van der Waals surface area contributed by atoms with Gasteiger partial charge >= 0.3 is 0 Å². The SMILES string of the molecule is CN(C)CCN(C)c1cc(OC2CC2)c(Nc2nccc(-c3cn(C)c4ccccc34)n2)cc1N. The van der Waals surface area contributed by atoms with E-state index in [9.17, 15) is 0 Å². The third-order valence-electron chi connectivity index (χ3n) is 6.32. The van der Waals surface area contributed by atoms with Crippen molar-refractivity contribution in [2.45, 2.75) is 18.9 Å². The monoisotopic (exact) mass is 471 g/mol. The van der Waals surface area contributed by atoms with Crippen LogP contribution in [0.15, 0.2) is 54.9 Å². The van der Waals surface area contributed by atoms with Crippen LogP contribution in [0.3, 0.4) is 0 Å². The first-order valence-electron chi connectivity index (χ1n) is 12.0. The van der Waals surface area contributed by atoms with E-state index in [4.69, 9.17) is 15.5 Å². The fourth-order valence-corrected chi connectivity index (χ4v) is 4.18. The predicted molar refractivity (Wildman–Crippen MR) is 144 cm³/mol. The molecule has 0 radical (unpaired) electrons. The molecule has 1 saturated carbocycles. The number of aryl methyl sites for hydroxylation is 1. The van der Waals surface area contributed by atoms with Gasteiger partial charge in [0.15, 0.2) is 0 Å². The first-order chi connectivity index (χ1) is 16.9. The Morgan fingerprint density at radius 3 is 2.69 bits per heavy atom. The van der Waals surface area contributed by atoms with Crippen LogP contribution < -0.4 is 20.7 Å². The van der Waals surface area contributed by atoms with Crippen molar-refractivity contribution >= 4 is 33.9 Å². The molecule has 4 aromatic rings. The van der Waals surface area contributed by atoms with E-state index in [1.165, 1.54) is 0 Å². The molecule has 0 aliphatic heterocycles. The average Bonchev–Trinajstić information content (AvgIpc) is 3.60. The Labute approximate surface area is 206 Å². The number of rotatable bonds is 9. The summed E-state index contributed by atoms with van der Waals surface area (Å²) in [5.41, 5.74) is 12.0. The summed E-state index contributed by atoms with van der Waals surface area (Å²) in [7, 11) is 8.24. The van der Waals surface area contributed by atoms with Crippen LogP contribution in [0.4, 0.5) is 23.0 Å². The highest BCUT2D eigenvalue weighted by molar-refractivity contribution is 5.95. The maximum atomic E-state index is 6.49. The third-order valence-corrected chi connectivity index (χ3v) is 6.32. The highest BCUT2D eigenvalue weighted by atomic mass is 16.5. The van der Waals surface area contributed by atoms with Crippen LogP contribution in [-0.4, -0.2) is 59.8 Å². The number of aromatic nitrogens is 3. The van der Waals surface area contributed by atoms with Crippen molar-refractivity contribution in [3.63, 3.8) is 0 Å². The van der Waals surface area contributed by atoms with Gasteiger partial charge in [0.2, 0.25) is 5.95 Å². The summed E-state index contributed by atoms with van der Waals surface area (Å²) < 4.78 is 8.38. The lowest BCUT2D eigenvalue weighted by Gasteiger charge is -2.25. The first kappa shape index (κ1) is 23.0. The maximum absolute atomic E-state index is 6.49. The topological polar surface area (TPSA) is 84.5 Å². The average molecular weight is 472 g/mol. The van der Waals surface area contributed by atoms with Crippen LogP contribution >= 0.6 is 0 Å². The molecule has 182 valence electrons. The summed E-state index contributed by atoms with van der Waals surface area (Å²) in [5, 5.41) is 4.53. The molecule has 0 unspecified atom stereocenters. The fourth-order valence-electron chi connectivity index (χ4n) is 4.18. The summed E-state index contributed by atoms with van der Waals surface area (Å²) in [6.07, 6.45) is 6.28. The molecule has 2 aromatic heterocycles. The first-order valence-corrected chi connectivity index (χ1v) is 12.0. The van der Waals surface area contributed by atoms with Crippen LogP contribution in [-0.2, 0) is 7.05 Å². The Kier molecular flexibility index (Phi) is 6.21. The molecule has 2 heterocycles. The van der Waals surface area contributed by atoms with Gasteiger partial charge < -0.3 is 30.2 Å². The maximum Gasteiger partial charge on any atom is 0.227 e. The lowest BCUT2D eigenvalue weighted by atomic mass is 10.1. The second kappa shape index (κ2) is 9.46. The summed E-state index contributed by atoms with van der Waals surface area (Å²) in [4.78, 5) is 13.6. The van der Waals surface area contributed by atoms with Gasteiger partial charge in [-0.05, 0) is 45.1 Å². The molecule has 5 rings (SSSR count). The quantitative estimate of drug-likeness (QED) is 0.348. The van der Waals surface area contributed by atoms with Crippen molar-refractivity contribution in [3.05, 3.63) is 54.9 Å². The minimum absolute atomic E-state index is 0.252. The van der Waals surface area contributed by atoms with Crippen LogP contribution in [0.1, 0.15) is 12.8 Å². The molecule has 1 fully saturated rings. The smallest absolute Gasteiger partial charge is 0.227 e. The molecule has 1 aliphatic carbocycles. The Balaban J connectivity index is 1.46. The van der Waals surface area contributed by atoms with Gasteiger partial charge in [0, 0.05) is 62.1 Å². The standard InChI is InChI=1S/C27H33N7O/c1-32(2)13-14-33(3)25-16-26(35-18-9-10-18)23(15-21(25)28)31-27-29-12-11-22(30-27)20-17-34(4)24-8-6-5-7-19(20)24/h5-8,11-12,15-18H,9-10,13-14,28H2,1-4H3,(H,29,30,31). The number of ether oxygens (including phenoxy) is 1. The number of fused-ring (bicyclic) bond motifs is 1. The number of nitrogens with zero attached hydrogens (tertiary/aromatic N) is 5. The molecule has 8 heteroatoms. The van der Waals surface area contributed by atoms with Gasteiger partial charge in [0.05, 0.1) is 28.9 Å². The van der Waals surface area contributed by atoms with E-state index in [-0.39, 0.29) is 6.10 Å². The number of nitrogens with one attached hydrogen (secondary N) is 1. The van der Waals surface area contributed by atoms with Gasteiger partial charge in [0.1, 0.15) is 5.75 Å². The van der Waals surface area contributed by atoms with Gasteiger partial charge in [-0.25, -0.2) is 9.97 Å². The van der Waals surface area contributed by atoms with Crippen molar-refractivity contribution in [3.8, 4) is 17.0 Å². The number of hydrogen-bond acceptors (Lipinski definition) is 7. The lowest BCUT2D eigenvalue weighted by molar-refractivity contribution is 0.305. The number of benzene rings is 2. The van der Waals surface area contributed by atoms with Crippen LogP contribution in [0.2, 0.25) is 0 Å². The molecule has 2 aromatic carbocycles. The van der Waals surface area contributed by atoms with E-state index >= 15 is 0 Å². The van der Waals surface area contributed by atoms with Crippen LogP contribution in [0.5, 0.6) is 5.75 Å². The zero-order valence-electron chi connectivity index (χ0n) is 20.8. The van der Waals surface area contributed by atoms with Crippen molar-refractivity contribution in [2.75, 3.05) is 50.2 Å². The summed E-state index contributed by atoms with van der Waals surface area (Å²) in [6.45, 7) is 1.80. The van der Waals surface area contributed by atoms with E-state index in [0.29, 0.717) is 11.6 Å². The van der Waals surface area contributed by atoms with Gasteiger partial charge in [-0.1, -0.05) is 18.2 Å². The van der Waals surface area contributed by atoms with Crippen molar-refractivity contribution in [1.29, 1.82) is 0 Å². The molecule has 0 spiro atoms. The Hall–Kier alpha value is -3.78. The summed E-state index contributed by atoms with van der Waals surface area (Å²) >= 11 is 0. The highest BCUT2D eigenvalue weighted by Gasteiger charge is 2.26. The highest BCUT2D eigenvalue weighted by Crippen LogP contribution is 2.39. The van der Waals surface area contributed by atoms with Crippen LogP contribution in [0.25, 0.3) is 22.2 Å². The molecule has 35 heavy (non-hydrogen) atoms. The second-order valence-corrected chi connectivity index (χ2v) is 9.51. The molecule has 3 N–H and O–H groups in total. The molecular formula is C27H33N7O. The Morgan fingerprint density at radius 1 is 1.11 bits per heavy atom. The zero-order chi connectivity index (χ0) is 24.5. The van der Waals surface area contributed by atoms with Crippen molar-refractivity contribution in [1.82, 2.24) is 19.4 Å². The summed E-state index contributed by atoms with van der Waals surface area (Å²) in [6, 6.07) is 14.2. The number of para-hydroxylation sites is 1. The summed E-state index contributed by atoms with van der Waals surface area (Å²) in [5.74, 6) is 1.27. The van der Waals surface area contributed by atoms with E-state index in [0.717, 1.165) is 65.2 Å². The number of nitrogens with two attached hydrogens (primary N) is 1. The molecule has 0 amide bonds. The number of anilines is 4. The lowest BCUT2D eigenvalue weighted by Crippen LogP contribution is -2.29. The number of likely N-dealkylation sites (N-methyl/N-ethyl adjacent to an activating group) is 2. The largest absolute Gasteiger partial charge is 0.488 e. The van der Waals surface area contributed by atoms with Crippen molar-refractivity contribution in [2.24, 2.45) is 7.05 Å². The molecular weight excluding hydrogens is 438 g/mol. The third kappa shape index (κ3) is 5.02.